The number of hydrogen-bond acceptors (Lipinski definition) is 7. The lowest BCUT2D eigenvalue weighted by molar-refractivity contribution is -0.116. The molecule has 2 rings (SSSR count). The molecule has 138 valence electrons. The highest BCUT2D eigenvalue weighted by atomic mass is 32.1. The number of hydrogen-bond donors (Lipinski definition) is 2. The van der Waals surface area contributed by atoms with Crippen molar-refractivity contribution < 1.29 is 29.0 Å². The number of anilines is 1. The predicted octanol–water partition coefficient (Wildman–Crippen LogP) is 1.97. The minimum Gasteiger partial charge on any atom is -0.478 e. The van der Waals surface area contributed by atoms with E-state index in [4.69, 9.17) is 9.84 Å². The van der Waals surface area contributed by atoms with E-state index >= 15 is 0 Å². The van der Waals surface area contributed by atoms with Crippen molar-refractivity contribution in [2.45, 2.75) is 27.3 Å². The Balaban J connectivity index is 2.24. The molecule has 0 radical (unpaired) electrons. The largest absolute Gasteiger partial charge is 0.478 e. The molecule has 2 heterocycles. The van der Waals surface area contributed by atoms with Crippen molar-refractivity contribution in [3.05, 3.63) is 34.0 Å². The molecule has 0 aliphatic carbocycles. The zero-order valence-electron chi connectivity index (χ0n) is 14.4. The van der Waals surface area contributed by atoms with Crippen LogP contribution in [0.15, 0.2) is 12.4 Å². The first kappa shape index (κ1) is 19.3. The zero-order valence-corrected chi connectivity index (χ0v) is 15.2. The van der Waals surface area contributed by atoms with Crippen LogP contribution in [0.3, 0.4) is 0 Å². The van der Waals surface area contributed by atoms with Crippen molar-refractivity contribution >= 4 is 40.0 Å². The van der Waals surface area contributed by atoms with E-state index in [9.17, 15) is 19.2 Å². The van der Waals surface area contributed by atoms with Gasteiger partial charge in [0.05, 0.1) is 28.8 Å². The highest BCUT2D eigenvalue weighted by molar-refractivity contribution is 7.18. The molecule has 0 atom stereocenters. The Kier molecular flexibility index (Phi) is 5.88. The number of rotatable bonds is 7. The number of carbonyl (C=O) groups excluding carboxylic acids is 3. The van der Waals surface area contributed by atoms with Crippen molar-refractivity contribution in [1.29, 1.82) is 0 Å². The summed E-state index contributed by atoms with van der Waals surface area (Å²) in [5.41, 5.74) is 0.543. The third-order valence-corrected chi connectivity index (χ3v) is 4.69. The van der Waals surface area contributed by atoms with Crippen LogP contribution in [0.25, 0.3) is 0 Å². The lowest BCUT2D eigenvalue weighted by Crippen LogP contribution is -2.20. The van der Waals surface area contributed by atoms with Gasteiger partial charge in [-0.15, -0.1) is 11.3 Å². The first-order valence-electron chi connectivity index (χ1n) is 7.61. The maximum atomic E-state index is 12.2. The van der Waals surface area contributed by atoms with E-state index in [1.54, 1.807) is 13.8 Å². The third kappa shape index (κ3) is 4.14. The maximum absolute atomic E-state index is 12.2. The monoisotopic (exact) mass is 379 g/mol. The van der Waals surface area contributed by atoms with Crippen molar-refractivity contribution in [2.75, 3.05) is 11.9 Å². The Morgan fingerprint density at radius 3 is 2.58 bits per heavy atom. The number of carbonyl (C=O) groups is 4. The van der Waals surface area contributed by atoms with Crippen LogP contribution in [-0.4, -0.2) is 45.1 Å². The molecule has 10 heteroatoms. The molecule has 9 nitrogen and oxygen atoms in total. The van der Waals surface area contributed by atoms with Crippen molar-refractivity contribution in [1.82, 2.24) is 9.78 Å². The molecule has 26 heavy (non-hydrogen) atoms. The second-order valence-electron chi connectivity index (χ2n) is 5.32. The van der Waals surface area contributed by atoms with Gasteiger partial charge in [-0.1, -0.05) is 0 Å². The summed E-state index contributed by atoms with van der Waals surface area (Å²) in [6.45, 7) is 4.55. The molecule has 0 saturated carbocycles. The molecule has 0 aliphatic heterocycles. The molecule has 2 N–H and O–H groups in total. The van der Waals surface area contributed by atoms with Gasteiger partial charge in [0, 0.05) is 6.20 Å². The molecule has 0 spiro atoms. The van der Waals surface area contributed by atoms with Crippen molar-refractivity contribution in [3.8, 4) is 0 Å². The summed E-state index contributed by atoms with van der Waals surface area (Å²) in [6.07, 6.45) is 2.34. The van der Waals surface area contributed by atoms with E-state index in [2.05, 4.69) is 10.4 Å². The molecule has 0 fully saturated rings. The van der Waals surface area contributed by atoms with Crippen LogP contribution in [0.5, 0.6) is 0 Å². The average molecular weight is 379 g/mol. The number of nitrogens with zero attached hydrogens (tertiary/aromatic N) is 2. The molecular formula is C16H17N3O6S. The topological polar surface area (TPSA) is 128 Å². The number of ketones is 1. The SMILES string of the molecule is CCOC(=O)c1c(NC(=O)Cn2cc(C(=O)O)cn2)sc(C(C)=O)c1C. The molecule has 0 aromatic carbocycles. The predicted molar refractivity (Wildman–Crippen MR) is 92.8 cm³/mol. The number of ether oxygens (including phenoxy) is 1. The Bertz CT molecular complexity index is 883. The normalized spacial score (nSPS) is 10.4. The Hall–Kier alpha value is -3.01. The Labute approximate surface area is 152 Å². The summed E-state index contributed by atoms with van der Waals surface area (Å²) in [5.74, 6) is -2.53. The number of aromatic carboxylic acids is 1. The number of aromatic nitrogens is 2. The quantitative estimate of drug-likeness (QED) is 0.556. The first-order valence-corrected chi connectivity index (χ1v) is 8.43. The summed E-state index contributed by atoms with van der Waals surface area (Å²) in [7, 11) is 0. The first-order chi connectivity index (χ1) is 12.2. The van der Waals surface area contributed by atoms with Crippen LogP contribution < -0.4 is 5.32 Å². The van der Waals surface area contributed by atoms with E-state index in [0.717, 1.165) is 22.2 Å². The molecule has 0 bridgehead atoms. The van der Waals surface area contributed by atoms with E-state index in [1.165, 1.54) is 13.1 Å². The molecule has 0 unspecified atom stereocenters. The van der Waals surface area contributed by atoms with Crippen LogP contribution in [-0.2, 0) is 16.1 Å². The fourth-order valence-corrected chi connectivity index (χ4v) is 3.37. The molecule has 0 saturated heterocycles. The summed E-state index contributed by atoms with van der Waals surface area (Å²) in [4.78, 5) is 47.3. The second-order valence-corrected chi connectivity index (χ2v) is 6.34. The highest BCUT2D eigenvalue weighted by Crippen LogP contribution is 2.34. The lowest BCUT2D eigenvalue weighted by Gasteiger charge is -2.07. The Morgan fingerprint density at radius 1 is 1.35 bits per heavy atom. The number of amides is 1. The summed E-state index contributed by atoms with van der Waals surface area (Å²) >= 11 is 0.991. The number of thiophene rings is 1. The number of carboxylic acids is 1. The van der Waals surface area contributed by atoms with Crippen LogP contribution >= 0.6 is 11.3 Å². The Morgan fingerprint density at radius 2 is 2.04 bits per heavy atom. The highest BCUT2D eigenvalue weighted by Gasteiger charge is 2.25. The summed E-state index contributed by atoms with van der Waals surface area (Å²) in [5, 5.41) is 15.4. The van der Waals surface area contributed by atoms with Gasteiger partial charge >= 0.3 is 11.9 Å². The maximum Gasteiger partial charge on any atom is 0.341 e. The third-order valence-electron chi connectivity index (χ3n) is 3.38. The number of nitrogens with one attached hydrogen (secondary N) is 1. The van der Waals surface area contributed by atoms with E-state index in [1.807, 2.05) is 0 Å². The number of esters is 1. The second kappa shape index (κ2) is 7.91. The lowest BCUT2D eigenvalue weighted by atomic mass is 10.1. The summed E-state index contributed by atoms with van der Waals surface area (Å²) in [6, 6.07) is 0. The molecule has 1 amide bonds. The smallest absolute Gasteiger partial charge is 0.341 e. The minimum absolute atomic E-state index is 0.0455. The van der Waals surface area contributed by atoms with Gasteiger partial charge in [0.15, 0.2) is 5.78 Å². The summed E-state index contributed by atoms with van der Waals surface area (Å²) < 4.78 is 6.16. The molecule has 0 aliphatic rings. The standard InChI is InChI=1S/C16H17N3O6S/c1-4-25-16(24)12-8(2)13(9(3)20)26-14(12)18-11(21)7-19-6-10(5-17-19)15(22)23/h5-6H,4,7H2,1-3H3,(H,18,21)(H,22,23). The minimum atomic E-state index is -1.15. The van der Waals surface area contributed by atoms with E-state index in [-0.39, 0.29) is 35.1 Å². The number of Topliss-reactive ketones (excluding diaryl/α,β-unsaturated/α-hetero) is 1. The van der Waals surface area contributed by atoms with Gasteiger partial charge in [0.1, 0.15) is 11.5 Å². The number of carboxylic acid groups (broad SMARTS) is 1. The molecule has 2 aromatic rings. The van der Waals surface area contributed by atoms with Gasteiger partial charge in [0.25, 0.3) is 0 Å². The van der Waals surface area contributed by atoms with Gasteiger partial charge < -0.3 is 15.2 Å². The van der Waals surface area contributed by atoms with E-state index in [0.29, 0.717) is 10.4 Å². The van der Waals surface area contributed by atoms with Crippen LogP contribution in [0, 0.1) is 6.92 Å². The zero-order chi connectivity index (χ0) is 19.4. The van der Waals surface area contributed by atoms with Crippen LogP contribution in [0.1, 0.15) is 49.8 Å². The van der Waals surface area contributed by atoms with Gasteiger partial charge in [-0.25, -0.2) is 9.59 Å². The van der Waals surface area contributed by atoms with Crippen molar-refractivity contribution in [3.63, 3.8) is 0 Å². The van der Waals surface area contributed by atoms with Crippen LogP contribution in [0.4, 0.5) is 5.00 Å². The fourth-order valence-electron chi connectivity index (χ4n) is 2.26. The van der Waals surface area contributed by atoms with Gasteiger partial charge in [-0.05, 0) is 26.3 Å². The van der Waals surface area contributed by atoms with Gasteiger partial charge in [-0.2, -0.15) is 5.10 Å². The van der Waals surface area contributed by atoms with Crippen LogP contribution in [0.2, 0.25) is 0 Å². The fraction of sp³-hybridized carbons (Fsp3) is 0.312. The van der Waals surface area contributed by atoms with Gasteiger partial charge in [0.2, 0.25) is 5.91 Å². The van der Waals surface area contributed by atoms with Crippen molar-refractivity contribution in [2.24, 2.45) is 0 Å². The molecular weight excluding hydrogens is 362 g/mol. The van der Waals surface area contributed by atoms with E-state index < -0.39 is 17.8 Å². The molecule has 2 aromatic heterocycles. The van der Waals surface area contributed by atoms with Gasteiger partial charge in [-0.3, -0.25) is 14.3 Å². The average Bonchev–Trinajstić information content (AvgIpc) is 3.12.